The maximum atomic E-state index is 12.5. The summed E-state index contributed by atoms with van der Waals surface area (Å²) in [4.78, 5) is 15.2. The minimum atomic E-state index is 0.0369. The van der Waals surface area contributed by atoms with Crippen LogP contribution >= 0.6 is 11.8 Å². The number of hydrogen-bond donors (Lipinski definition) is 2. The Balaban J connectivity index is 1.64. The zero-order valence-corrected chi connectivity index (χ0v) is 15.2. The summed E-state index contributed by atoms with van der Waals surface area (Å²) >= 11 is 2.05. The molecule has 1 saturated carbocycles. The largest absolute Gasteiger partial charge is 0.350 e. The fourth-order valence-corrected chi connectivity index (χ4v) is 4.89. The summed E-state index contributed by atoms with van der Waals surface area (Å²) in [5, 5.41) is 3.23. The molecule has 24 heavy (non-hydrogen) atoms. The summed E-state index contributed by atoms with van der Waals surface area (Å²) in [6.07, 6.45) is 6.32. The molecule has 0 atom stereocenters. The molecule has 0 aromatic heterocycles. The third-order valence-electron chi connectivity index (χ3n) is 5.50. The van der Waals surface area contributed by atoms with Crippen molar-refractivity contribution in [1.82, 2.24) is 10.2 Å². The quantitative estimate of drug-likeness (QED) is 0.860. The van der Waals surface area contributed by atoms with Gasteiger partial charge in [-0.15, -0.1) is 0 Å². The van der Waals surface area contributed by atoms with Gasteiger partial charge < -0.3 is 11.1 Å². The molecule has 4 nitrogen and oxygen atoms in total. The number of benzene rings is 1. The number of nitrogens with zero attached hydrogens (tertiary/aromatic N) is 1. The van der Waals surface area contributed by atoms with Gasteiger partial charge in [-0.25, -0.2) is 0 Å². The van der Waals surface area contributed by atoms with Crippen molar-refractivity contribution < 1.29 is 4.79 Å². The second kappa shape index (κ2) is 8.37. The summed E-state index contributed by atoms with van der Waals surface area (Å²) in [5.74, 6) is 2.47. The van der Waals surface area contributed by atoms with Gasteiger partial charge in [-0.3, -0.25) is 9.69 Å². The molecule has 1 amide bonds. The van der Waals surface area contributed by atoms with Gasteiger partial charge in [0.1, 0.15) is 0 Å². The lowest BCUT2D eigenvalue weighted by Crippen LogP contribution is -2.58. The molecule has 2 fully saturated rings. The Labute approximate surface area is 149 Å². The molecule has 0 bridgehead atoms. The molecule has 0 unspecified atom stereocenters. The van der Waals surface area contributed by atoms with Crippen molar-refractivity contribution in [2.24, 2.45) is 5.73 Å². The van der Waals surface area contributed by atoms with E-state index in [1.807, 2.05) is 36.0 Å². The average molecular weight is 348 g/mol. The Morgan fingerprint density at radius 3 is 2.42 bits per heavy atom. The van der Waals surface area contributed by atoms with Gasteiger partial charge in [0.2, 0.25) is 0 Å². The Bertz CT molecular complexity index is 534. The van der Waals surface area contributed by atoms with Crippen LogP contribution in [0.15, 0.2) is 24.3 Å². The monoisotopic (exact) mass is 347 g/mol. The highest BCUT2D eigenvalue weighted by molar-refractivity contribution is 7.99. The van der Waals surface area contributed by atoms with Crippen molar-refractivity contribution in [3.8, 4) is 0 Å². The molecule has 3 N–H and O–H groups in total. The predicted octanol–water partition coefficient (Wildman–Crippen LogP) is 2.63. The van der Waals surface area contributed by atoms with E-state index >= 15 is 0 Å². The number of nitrogens with two attached hydrogens (primary N) is 1. The maximum absolute atomic E-state index is 12.5. The average Bonchev–Trinajstić information content (AvgIpc) is 2.67. The third kappa shape index (κ3) is 4.13. The van der Waals surface area contributed by atoms with Crippen molar-refractivity contribution >= 4 is 17.7 Å². The van der Waals surface area contributed by atoms with Gasteiger partial charge in [-0.1, -0.05) is 31.4 Å². The van der Waals surface area contributed by atoms with E-state index in [9.17, 15) is 4.79 Å². The molecule has 1 aliphatic heterocycles. The smallest absolute Gasteiger partial charge is 0.251 e. The predicted molar refractivity (Wildman–Crippen MR) is 101 cm³/mol. The first-order valence-corrected chi connectivity index (χ1v) is 10.3. The van der Waals surface area contributed by atoms with Crippen LogP contribution in [0.2, 0.25) is 0 Å². The molecule has 132 valence electrons. The number of nitrogens with one attached hydrogen (secondary N) is 1. The van der Waals surface area contributed by atoms with Crippen molar-refractivity contribution in [2.45, 2.75) is 44.2 Å². The second-order valence-electron chi connectivity index (χ2n) is 6.97. The summed E-state index contributed by atoms with van der Waals surface area (Å²) in [5.41, 5.74) is 7.58. The Morgan fingerprint density at radius 1 is 1.12 bits per heavy atom. The number of carbonyl (C=O) groups excluding carboxylic acids is 1. The molecule has 1 aromatic carbocycles. The zero-order valence-electron chi connectivity index (χ0n) is 14.4. The highest BCUT2D eigenvalue weighted by Crippen LogP contribution is 2.34. The van der Waals surface area contributed by atoms with E-state index in [0.29, 0.717) is 6.54 Å². The van der Waals surface area contributed by atoms with E-state index < -0.39 is 0 Å². The van der Waals surface area contributed by atoms with E-state index in [4.69, 9.17) is 5.73 Å². The van der Waals surface area contributed by atoms with Crippen LogP contribution in [0.25, 0.3) is 0 Å². The lowest BCUT2D eigenvalue weighted by molar-refractivity contribution is 0.0549. The minimum Gasteiger partial charge on any atom is -0.350 e. The van der Waals surface area contributed by atoms with Crippen LogP contribution in [0.4, 0.5) is 0 Å². The summed E-state index contributed by atoms with van der Waals surface area (Å²) in [6, 6.07) is 7.63. The van der Waals surface area contributed by atoms with Crippen LogP contribution in [0.5, 0.6) is 0 Å². The van der Waals surface area contributed by atoms with Gasteiger partial charge in [0, 0.05) is 48.8 Å². The molecule has 3 rings (SSSR count). The number of carbonyl (C=O) groups is 1. The number of hydrogen-bond acceptors (Lipinski definition) is 4. The van der Waals surface area contributed by atoms with Crippen LogP contribution < -0.4 is 11.1 Å². The lowest BCUT2D eigenvalue weighted by Gasteiger charge is -2.48. The van der Waals surface area contributed by atoms with Crippen LogP contribution in [0.1, 0.15) is 48.0 Å². The maximum Gasteiger partial charge on any atom is 0.251 e. The summed E-state index contributed by atoms with van der Waals surface area (Å²) in [6.45, 7) is 3.60. The van der Waals surface area contributed by atoms with Crippen molar-refractivity contribution in [3.63, 3.8) is 0 Å². The third-order valence-corrected chi connectivity index (χ3v) is 6.44. The van der Waals surface area contributed by atoms with E-state index in [0.717, 1.165) is 30.8 Å². The molecule has 2 aliphatic rings. The molecule has 1 aliphatic carbocycles. The van der Waals surface area contributed by atoms with Gasteiger partial charge in [0.25, 0.3) is 5.91 Å². The zero-order chi connectivity index (χ0) is 16.8. The van der Waals surface area contributed by atoms with Crippen LogP contribution in [0, 0.1) is 0 Å². The Kier molecular flexibility index (Phi) is 6.19. The van der Waals surface area contributed by atoms with Gasteiger partial charge in [-0.2, -0.15) is 11.8 Å². The van der Waals surface area contributed by atoms with E-state index in [2.05, 4.69) is 10.2 Å². The first-order valence-electron chi connectivity index (χ1n) is 9.13. The number of rotatable bonds is 5. The van der Waals surface area contributed by atoms with Crippen LogP contribution in [0.3, 0.4) is 0 Å². The number of amides is 1. The van der Waals surface area contributed by atoms with Gasteiger partial charge >= 0.3 is 0 Å². The van der Waals surface area contributed by atoms with Gasteiger partial charge in [-0.05, 0) is 30.5 Å². The summed E-state index contributed by atoms with van der Waals surface area (Å²) in [7, 11) is 0. The molecule has 0 radical (unpaired) electrons. The lowest BCUT2D eigenvalue weighted by atomic mass is 9.80. The Morgan fingerprint density at radius 2 is 1.79 bits per heavy atom. The van der Waals surface area contributed by atoms with Gasteiger partial charge in [0.05, 0.1) is 0 Å². The summed E-state index contributed by atoms with van der Waals surface area (Å²) < 4.78 is 0. The fourth-order valence-electron chi connectivity index (χ4n) is 3.99. The molecule has 5 heteroatoms. The van der Waals surface area contributed by atoms with Gasteiger partial charge in [0.15, 0.2) is 0 Å². The standard InChI is InChI=1S/C19H29N3OS/c20-14-16-4-6-17(7-5-16)18(23)21-15-19(8-2-1-3-9-19)22-10-12-24-13-11-22/h4-7H,1-3,8-15,20H2,(H,21,23). The molecule has 0 spiro atoms. The fraction of sp³-hybridized carbons (Fsp3) is 0.632. The van der Waals surface area contributed by atoms with Crippen molar-refractivity contribution in [3.05, 3.63) is 35.4 Å². The number of thioether (sulfide) groups is 1. The van der Waals surface area contributed by atoms with Crippen LogP contribution in [-0.2, 0) is 6.54 Å². The first-order chi connectivity index (χ1) is 11.7. The molecule has 1 saturated heterocycles. The highest BCUT2D eigenvalue weighted by atomic mass is 32.2. The highest BCUT2D eigenvalue weighted by Gasteiger charge is 2.38. The van der Waals surface area contributed by atoms with Crippen molar-refractivity contribution in [2.75, 3.05) is 31.1 Å². The SMILES string of the molecule is NCc1ccc(C(=O)NCC2(N3CCSCC3)CCCCC2)cc1. The van der Waals surface area contributed by atoms with E-state index in [-0.39, 0.29) is 11.4 Å². The topological polar surface area (TPSA) is 58.4 Å². The molecular weight excluding hydrogens is 318 g/mol. The molecule has 1 heterocycles. The normalized spacial score (nSPS) is 21.4. The second-order valence-corrected chi connectivity index (χ2v) is 8.19. The molecular formula is C19H29N3OS. The van der Waals surface area contributed by atoms with E-state index in [1.54, 1.807) is 0 Å². The van der Waals surface area contributed by atoms with Crippen molar-refractivity contribution in [1.29, 1.82) is 0 Å². The van der Waals surface area contributed by atoms with E-state index in [1.165, 1.54) is 43.6 Å². The minimum absolute atomic E-state index is 0.0369. The first kappa shape index (κ1) is 17.8. The molecule has 1 aromatic rings. The van der Waals surface area contributed by atoms with Crippen LogP contribution in [-0.4, -0.2) is 47.5 Å². The Hall–Kier alpha value is -1.04.